The molecule has 4 nitrogen and oxygen atoms in total. The molecule has 0 unspecified atom stereocenters. The number of piperidine rings is 1. The van der Waals surface area contributed by atoms with Crippen molar-refractivity contribution in [1.29, 1.82) is 0 Å². The number of nitrogens with zero attached hydrogens (tertiary/aromatic N) is 1. The molecule has 30 heavy (non-hydrogen) atoms. The van der Waals surface area contributed by atoms with Crippen LogP contribution in [0.5, 0.6) is 0 Å². The Kier molecular flexibility index (Phi) is 6.73. The van der Waals surface area contributed by atoms with Crippen LogP contribution in [0, 0.1) is 5.92 Å². The number of hydrogen-bond donors (Lipinski definition) is 1. The number of carbonyl (C=O) groups is 2. The van der Waals surface area contributed by atoms with Crippen LogP contribution < -0.4 is 5.32 Å². The van der Waals surface area contributed by atoms with Crippen molar-refractivity contribution in [3.8, 4) is 0 Å². The molecule has 0 spiro atoms. The summed E-state index contributed by atoms with van der Waals surface area (Å²) in [5.74, 6) is 0.642. The maximum atomic E-state index is 13.1. The number of nitrogens with one attached hydrogen (secondary N) is 1. The minimum Gasteiger partial charge on any atom is -0.352 e. The standard InChI is InChI=1S/C25H29ClN2O2/c26-22-9-3-1-6-18(22)15-16-27-24(29)20-11-13-21(14-12-20)25(30)28-17-5-8-19-7-2-4-10-23(19)28/h1,3,6,9,11-14,19,23H,2,4-5,7-8,10,15-17H2,(H,27,29)/t19-,23-/m0/s1. The quantitative estimate of drug-likeness (QED) is 0.725. The van der Waals surface area contributed by atoms with Crippen LogP contribution in [0.3, 0.4) is 0 Å². The van der Waals surface area contributed by atoms with E-state index in [2.05, 4.69) is 10.2 Å². The number of halogens is 1. The van der Waals surface area contributed by atoms with Gasteiger partial charge in [0.15, 0.2) is 0 Å². The van der Waals surface area contributed by atoms with Gasteiger partial charge in [0.25, 0.3) is 11.8 Å². The highest BCUT2D eigenvalue weighted by atomic mass is 35.5. The molecule has 5 heteroatoms. The summed E-state index contributed by atoms with van der Waals surface area (Å²) in [6.07, 6.45) is 7.92. The van der Waals surface area contributed by atoms with Gasteiger partial charge in [-0.15, -0.1) is 0 Å². The van der Waals surface area contributed by atoms with Gasteiger partial charge < -0.3 is 10.2 Å². The van der Waals surface area contributed by atoms with E-state index in [9.17, 15) is 9.59 Å². The van der Waals surface area contributed by atoms with E-state index in [1.807, 2.05) is 24.3 Å². The van der Waals surface area contributed by atoms with E-state index in [0.717, 1.165) is 24.9 Å². The Labute approximate surface area is 183 Å². The maximum absolute atomic E-state index is 13.1. The molecule has 2 aliphatic rings. The highest BCUT2D eigenvalue weighted by molar-refractivity contribution is 6.31. The second-order valence-electron chi connectivity index (χ2n) is 8.43. The average molecular weight is 425 g/mol. The van der Waals surface area contributed by atoms with Crippen LogP contribution in [-0.2, 0) is 6.42 Å². The van der Waals surface area contributed by atoms with E-state index in [1.165, 1.54) is 25.7 Å². The summed E-state index contributed by atoms with van der Waals surface area (Å²) in [7, 11) is 0. The van der Waals surface area contributed by atoms with Crippen LogP contribution >= 0.6 is 11.6 Å². The lowest BCUT2D eigenvalue weighted by molar-refractivity contribution is 0.0390. The summed E-state index contributed by atoms with van der Waals surface area (Å²) in [6.45, 7) is 1.37. The molecule has 0 bridgehead atoms. The van der Waals surface area contributed by atoms with E-state index >= 15 is 0 Å². The van der Waals surface area contributed by atoms with Crippen molar-refractivity contribution in [2.45, 2.75) is 51.0 Å². The summed E-state index contributed by atoms with van der Waals surface area (Å²) in [5.41, 5.74) is 2.26. The van der Waals surface area contributed by atoms with Crippen molar-refractivity contribution in [3.05, 3.63) is 70.2 Å². The lowest BCUT2D eigenvalue weighted by atomic mass is 9.78. The van der Waals surface area contributed by atoms with Crippen molar-refractivity contribution < 1.29 is 9.59 Å². The van der Waals surface area contributed by atoms with Crippen molar-refractivity contribution in [3.63, 3.8) is 0 Å². The van der Waals surface area contributed by atoms with Gasteiger partial charge in [0.05, 0.1) is 0 Å². The molecular weight excluding hydrogens is 396 g/mol. The van der Waals surface area contributed by atoms with Gasteiger partial charge >= 0.3 is 0 Å². The third-order valence-corrected chi connectivity index (χ3v) is 6.90. The van der Waals surface area contributed by atoms with E-state index < -0.39 is 0 Å². The molecule has 1 heterocycles. The highest BCUT2D eigenvalue weighted by Gasteiger charge is 2.35. The molecule has 2 fully saturated rings. The van der Waals surface area contributed by atoms with Crippen molar-refractivity contribution in [1.82, 2.24) is 10.2 Å². The number of hydrogen-bond acceptors (Lipinski definition) is 2. The van der Waals surface area contributed by atoms with Gasteiger partial charge in [0, 0.05) is 35.3 Å². The minimum atomic E-state index is -0.133. The van der Waals surface area contributed by atoms with Gasteiger partial charge in [0.1, 0.15) is 0 Å². The number of fused-ring (bicyclic) bond motifs is 1. The number of amides is 2. The molecular formula is C25H29ClN2O2. The first kappa shape index (κ1) is 20.9. The molecule has 2 amide bonds. The topological polar surface area (TPSA) is 49.4 Å². The summed E-state index contributed by atoms with van der Waals surface area (Å²) < 4.78 is 0. The lowest BCUT2D eigenvalue weighted by Crippen LogP contribution is -2.49. The third kappa shape index (κ3) is 4.70. The fourth-order valence-electron chi connectivity index (χ4n) is 4.92. The largest absolute Gasteiger partial charge is 0.352 e. The normalized spacial score (nSPS) is 21.0. The van der Waals surface area contributed by atoms with Crippen LogP contribution in [0.2, 0.25) is 5.02 Å². The first-order valence-corrected chi connectivity index (χ1v) is 11.4. The average Bonchev–Trinajstić information content (AvgIpc) is 2.79. The summed E-state index contributed by atoms with van der Waals surface area (Å²) >= 11 is 6.16. The third-order valence-electron chi connectivity index (χ3n) is 6.54. The molecule has 1 aliphatic heterocycles. The predicted molar refractivity (Wildman–Crippen MR) is 120 cm³/mol. The zero-order valence-corrected chi connectivity index (χ0v) is 18.0. The maximum Gasteiger partial charge on any atom is 0.254 e. The molecule has 0 aromatic heterocycles. The molecule has 1 saturated heterocycles. The molecule has 1 saturated carbocycles. The van der Waals surface area contributed by atoms with Crippen LogP contribution in [0.15, 0.2) is 48.5 Å². The molecule has 2 aromatic rings. The summed E-state index contributed by atoms with van der Waals surface area (Å²) in [4.78, 5) is 27.6. The Morgan fingerprint density at radius 1 is 0.933 bits per heavy atom. The van der Waals surface area contributed by atoms with Gasteiger partial charge in [-0.3, -0.25) is 9.59 Å². The zero-order chi connectivity index (χ0) is 20.9. The summed E-state index contributed by atoms with van der Waals surface area (Å²) in [5, 5.41) is 3.65. The van der Waals surface area contributed by atoms with E-state index in [0.29, 0.717) is 41.1 Å². The Balaban J connectivity index is 1.34. The molecule has 2 atom stereocenters. The van der Waals surface area contributed by atoms with Crippen LogP contribution in [0.1, 0.15) is 64.8 Å². The predicted octanol–water partition coefficient (Wildman–Crippen LogP) is 5.11. The number of likely N-dealkylation sites (tertiary alicyclic amines) is 1. The Hall–Kier alpha value is -2.33. The van der Waals surface area contributed by atoms with Crippen molar-refractivity contribution >= 4 is 23.4 Å². The highest BCUT2D eigenvalue weighted by Crippen LogP contribution is 2.35. The van der Waals surface area contributed by atoms with Gasteiger partial charge in [0.2, 0.25) is 0 Å². The van der Waals surface area contributed by atoms with E-state index in [-0.39, 0.29) is 11.8 Å². The SMILES string of the molecule is O=C(NCCc1ccccc1Cl)c1ccc(C(=O)N2CCC[C@@H]3CCCC[C@@H]32)cc1. The Morgan fingerprint density at radius 3 is 2.43 bits per heavy atom. The van der Waals surface area contributed by atoms with Crippen molar-refractivity contribution in [2.75, 3.05) is 13.1 Å². The van der Waals surface area contributed by atoms with Crippen LogP contribution in [0.25, 0.3) is 0 Å². The first-order chi connectivity index (χ1) is 14.6. The molecule has 1 aliphatic carbocycles. The Morgan fingerprint density at radius 2 is 1.63 bits per heavy atom. The van der Waals surface area contributed by atoms with Crippen LogP contribution in [0.4, 0.5) is 0 Å². The number of rotatable bonds is 5. The molecule has 158 valence electrons. The number of carbonyl (C=O) groups excluding carboxylic acids is 2. The van der Waals surface area contributed by atoms with Gasteiger partial charge in [-0.25, -0.2) is 0 Å². The lowest BCUT2D eigenvalue weighted by Gasteiger charge is -2.44. The fourth-order valence-corrected chi connectivity index (χ4v) is 5.15. The first-order valence-electron chi connectivity index (χ1n) is 11.1. The fraction of sp³-hybridized carbons (Fsp3) is 0.440. The van der Waals surface area contributed by atoms with E-state index in [4.69, 9.17) is 11.6 Å². The van der Waals surface area contributed by atoms with E-state index in [1.54, 1.807) is 24.3 Å². The zero-order valence-electron chi connectivity index (χ0n) is 17.3. The van der Waals surface area contributed by atoms with Crippen LogP contribution in [-0.4, -0.2) is 35.8 Å². The van der Waals surface area contributed by atoms with Gasteiger partial charge in [-0.05, 0) is 73.9 Å². The second-order valence-corrected chi connectivity index (χ2v) is 8.83. The molecule has 0 radical (unpaired) electrons. The molecule has 4 rings (SSSR count). The van der Waals surface area contributed by atoms with Gasteiger partial charge in [-0.1, -0.05) is 42.6 Å². The minimum absolute atomic E-state index is 0.109. The van der Waals surface area contributed by atoms with Crippen molar-refractivity contribution in [2.24, 2.45) is 5.92 Å². The summed E-state index contributed by atoms with van der Waals surface area (Å²) in [6, 6.07) is 15.1. The molecule has 1 N–H and O–H groups in total. The molecule has 2 aromatic carbocycles. The van der Waals surface area contributed by atoms with Gasteiger partial charge in [-0.2, -0.15) is 0 Å². The Bertz CT molecular complexity index is 894. The smallest absolute Gasteiger partial charge is 0.254 e. The number of benzene rings is 2. The monoisotopic (exact) mass is 424 g/mol. The second kappa shape index (κ2) is 9.65.